The molecule has 0 aromatic carbocycles. The van der Waals surface area contributed by atoms with Gasteiger partial charge in [0.25, 0.3) is 0 Å². The van der Waals surface area contributed by atoms with E-state index in [1.165, 1.54) is 0 Å². The van der Waals surface area contributed by atoms with Crippen LogP contribution in [0.4, 0.5) is 5.13 Å². The van der Waals surface area contributed by atoms with E-state index in [0.29, 0.717) is 32.6 Å². The second-order valence-corrected chi connectivity index (χ2v) is 5.30. The van der Waals surface area contributed by atoms with Gasteiger partial charge in [0.05, 0.1) is 11.3 Å². The predicted molar refractivity (Wildman–Crippen MR) is 65.1 cm³/mol. The van der Waals surface area contributed by atoms with Crippen LogP contribution >= 0.6 is 11.3 Å². The number of aryl methyl sites for hydroxylation is 1. The molecule has 0 spiro atoms. The van der Waals surface area contributed by atoms with Gasteiger partial charge < -0.3 is 14.7 Å². The Balaban J connectivity index is 1.98. The first-order valence-corrected chi connectivity index (χ1v) is 6.40. The number of hydrogen-bond donors (Lipinski definition) is 1. The van der Waals surface area contributed by atoms with Crippen molar-refractivity contribution < 1.29 is 9.84 Å². The van der Waals surface area contributed by atoms with E-state index in [1.54, 1.807) is 11.3 Å². The summed E-state index contributed by atoms with van der Waals surface area (Å²) in [5, 5.41) is 13.4. The van der Waals surface area contributed by atoms with E-state index in [0.717, 1.165) is 10.8 Å². The summed E-state index contributed by atoms with van der Waals surface area (Å²) in [4.78, 5) is 6.44. The molecular formula is C11H18N2O2S. The molecule has 1 fully saturated rings. The van der Waals surface area contributed by atoms with E-state index in [1.807, 2.05) is 24.3 Å². The summed E-state index contributed by atoms with van der Waals surface area (Å²) >= 11 is 1.62. The average Bonchev–Trinajstić information content (AvgIpc) is 2.65. The molecule has 0 amide bonds. The second kappa shape index (κ2) is 4.69. The van der Waals surface area contributed by atoms with Gasteiger partial charge in [-0.15, -0.1) is 11.3 Å². The molecule has 0 unspecified atom stereocenters. The minimum absolute atomic E-state index is 0.618. The number of aromatic nitrogens is 1. The molecule has 1 aromatic heterocycles. The van der Waals surface area contributed by atoms with Crippen LogP contribution in [0, 0.1) is 6.92 Å². The quantitative estimate of drug-likeness (QED) is 0.871. The zero-order chi connectivity index (χ0) is 11.6. The molecule has 1 aromatic rings. The molecular weight excluding hydrogens is 224 g/mol. The Morgan fingerprint density at radius 2 is 2.25 bits per heavy atom. The molecule has 1 aliphatic rings. The summed E-state index contributed by atoms with van der Waals surface area (Å²) in [6, 6.07) is 0. The van der Waals surface area contributed by atoms with E-state index in [9.17, 15) is 5.11 Å². The molecule has 0 radical (unpaired) electrons. The Morgan fingerprint density at radius 3 is 2.81 bits per heavy atom. The fourth-order valence-corrected chi connectivity index (χ4v) is 2.71. The summed E-state index contributed by atoms with van der Waals surface area (Å²) in [7, 11) is 1.98. The van der Waals surface area contributed by atoms with Crippen molar-refractivity contribution >= 4 is 16.5 Å². The zero-order valence-electron chi connectivity index (χ0n) is 9.77. The first-order valence-electron chi connectivity index (χ1n) is 5.52. The maximum atomic E-state index is 10.4. The Bertz CT molecular complexity index is 348. The standard InChI is InChI=1S/C11H18N2O2S/c1-9-7-16-10(12-9)13(2)8-11(14)3-5-15-6-4-11/h7,14H,3-6,8H2,1-2H3. The number of likely N-dealkylation sites (N-methyl/N-ethyl adjacent to an activating group) is 1. The molecule has 0 bridgehead atoms. The number of rotatable bonds is 3. The van der Waals surface area contributed by atoms with Gasteiger partial charge in [0.2, 0.25) is 0 Å². The van der Waals surface area contributed by atoms with Crippen molar-refractivity contribution in [2.45, 2.75) is 25.4 Å². The van der Waals surface area contributed by atoms with Crippen molar-refractivity contribution in [1.29, 1.82) is 0 Å². The predicted octanol–water partition coefficient (Wildman–Crippen LogP) is 1.43. The van der Waals surface area contributed by atoms with E-state index in [2.05, 4.69) is 4.98 Å². The van der Waals surface area contributed by atoms with Gasteiger partial charge in [0.15, 0.2) is 5.13 Å². The first kappa shape index (κ1) is 11.8. The van der Waals surface area contributed by atoms with Crippen molar-refractivity contribution in [3.63, 3.8) is 0 Å². The SMILES string of the molecule is Cc1csc(N(C)CC2(O)CCOCC2)n1. The van der Waals surface area contributed by atoms with Crippen molar-refractivity contribution in [2.24, 2.45) is 0 Å². The average molecular weight is 242 g/mol. The summed E-state index contributed by atoms with van der Waals surface area (Å²) in [5.41, 5.74) is 0.415. The van der Waals surface area contributed by atoms with Crippen LogP contribution in [-0.2, 0) is 4.74 Å². The fourth-order valence-electron chi connectivity index (χ4n) is 1.94. The molecule has 16 heavy (non-hydrogen) atoms. The van der Waals surface area contributed by atoms with Crippen LogP contribution in [0.1, 0.15) is 18.5 Å². The molecule has 1 N–H and O–H groups in total. The summed E-state index contributed by atoms with van der Waals surface area (Å²) in [6.45, 7) is 3.92. The van der Waals surface area contributed by atoms with E-state index in [4.69, 9.17) is 4.74 Å². The third-order valence-corrected chi connectivity index (χ3v) is 3.96. The van der Waals surface area contributed by atoms with Crippen LogP contribution < -0.4 is 4.90 Å². The lowest BCUT2D eigenvalue weighted by molar-refractivity contribution is -0.0572. The minimum Gasteiger partial charge on any atom is -0.388 e. The Hall–Kier alpha value is -0.650. The normalized spacial score (nSPS) is 19.7. The highest BCUT2D eigenvalue weighted by atomic mass is 32.1. The highest BCUT2D eigenvalue weighted by Gasteiger charge is 2.31. The van der Waals surface area contributed by atoms with Crippen LogP contribution in [0.5, 0.6) is 0 Å². The molecule has 5 heteroatoms. The monoisotopic (exact) mass is 242 g/mol. The number of thiazole rings is 1. The first-order chi connectivity index (χ1) is 7.59. The largest absolute Gasteiger partial charge is 0.388 e. The topological polar surface area (TPSA) is 45.6 Å². The molecule has 4 nitrogen and oxygen atoms in total. The maximum Gasteiger partial charge on any atom is 0.185 e. The summed E-state index contributed by atoms with van der Waals surface area (Å²) in [5.74, 6) is 0. The number of hydrogen-bond acceptors (Lipinski definition) is 5. The van der Waals surface area contributed by atoms with Crippen molar-refractivity contribution in [3.8, 4) is 0 Å². The van der Waals surface area contributed by atoms with E-state index >= 15 is 0 Å². The van der Waals surface area contributed by atoms with Crippen molar-refractivity contribution in [1.82, 2.24) is 4.98 Å². The molecule has 90 valence electrons. The van der Waals surface area contributed by atoms with Crippen molar-refractivity contribution in [2.75, 3.05) is 31.7 Å². The van der Waals surface area contributed by atoms with Crippen molar-refractivity contribution in [3.05, 3.63) is 11.1 Å². The molecule has 2 rings (SSSR count). The second-order valence-electron chi connectivity index (χ2n) is 4.46. The lowest BCUT2D eigenvalue weighted by Gasteiger charge is -2.35. The molecule has 2 heterocycles. The smallest absolute Gasteiger partial charge is 0.185 e. The van der Waals surface area contributed by atoms with E-state index in [-0.39, 0.29) is 0 Å². The number of anilines is 1. The Morgan fingerprint density at radius 1 is 1.56 bits per heavy atom. The molecule has 0 saturated carbocycles. The molecule has 0 aliphatic carbocycles. The fraction of sp³-hybridized carbons (Fsp3) is 0.727. The van der Waals surface area contributed by atoms with Gasteiger partial charge >= 0.3 is 0 Å². The number of ether oxygens (including phenoxy) is 1. The molecule has 1 aliphatic heterocycles. The van der Waals surface area contributed by atoms with Gasteiger partial charge in [-0.25, -0.2) is 4.98 Å². The van der Waals surface area contributed by atoms with Crippen LogP contribution in [0.3, 0.4) is 0 Å². The lowest BCUT2D eigenvalue weighted by Crippen LogP contribution is -2.45. The maximum absolute atomic E-state index is 10.4. The molecule has 1 saturated heterocycles. The highest BCUT2D eigenvalue weighted by Crippen LogP contribution is 2.25. The zero-order valence-corrected chi connectivity index (χ0v) is 10.6. The Labute approximate surface area is 99.9 Å². The third kappa shape index (κ3) is 2.72. The van der Waals surface area contributed by atoms with Gasteiger partial charge in [0, 0.05) is 45.0 Å². The van der Waals surface area contributed by atoms with E-state index < -0.39 is 5.60 Å². The number of nitrogens with zero attached hydrogens (tertiary/aromatic N) is 2. The van der Waals surface area contributed by atoms with Crippen LogP contribution in [-0.4, -0.2) is 42.5 Å². The highest BCUT2D eigenvalue weighted by molar-refractivity contribution is 7.13. The lowest BCUT2D eigenvalue weighted by atomic mass is 9.94. The van der Waals surface area contributed by atoms with Gasteiger partial charge in [-0.05, 0) is 6.92 Å². The van der Waals surface area contributed by atoms with Crippen LogP contribution in [0.25, 0.3) is 0 Å². The Kier molecular flexibility index (Phi) is 3.47. The summed E-state index contributed by atoms with van der Waals surface area (Å²) < 4.78 is 5.26. The van der Waals surface area contributed by atoms with Gasteiger partial charge in [0.1, 0.15) is 0 Å². The van der Waals surface area contributed by atoms with Crippen LogP contribution in [0.15, 0.2) is 5.38 Å². The minimum atomic E-state index is -0.618. The van der Waals surface area contributed by atoms with Gasteiger partial charge in [-0.1, -0.05) is 0 Å². The van der Waals surface area contributed by atoms with Gasteiger partial charge in [-0.2, -0.15) is 0 Å². The third-order valence-electron chi connectivity index (χ3n) is 2.89. The molecule has 0 atom stereocenters. The number of aliphatic hydroxyl groups is 1. The van der Waals surface area contributed by atoms with Gasteiger partial charge in [-0.3, -0.25) is 0 Å². The summed E-state index contributed by atoms with van der Waals surface area (Å²) in [6.07, 6.45) is 1.42. The van der Waals surface area contributed by atoms with Crippen LogP contribution in [0.2, 0.25) is 0 Å².